The molecule has 0 bridgehead atoms. The monoisotopic (exact) mass is 415 g/mol. The van der Waals surface area contributed by atoms with Crippen molar-refractivity contribution in [2.75, 3.05) is 43.5 Å². The van der Waals surface area contributed by atoms with E-state index in [0.29, 0.717) is 25.2 Å². The van der Waals surface area contributed by atoms with E-state index in [0.717, 1.165) is 40.8 Å². The molecular weight excluding hydrogens is 386 g/mol. The molecule has 0 saturated carbocycles. The molecular formula is C22H29N3O3S. The Morgan fingerprint density at radius 3 is 2.72 bits per heavy atom. The number of aryl methyl sites for hydroxylation is 1. The smallest absolute Gasteiger partial charge is 0.254 e. The Morgan fingerprint density at radius 1 is 1.31 bits per heavy atom. The summed E-state index contributed by atoms with van der Waals surface area (Å²) in [5.41, 5.74) is 2.54. The van der Waals surface area contributed by atoms with E-state index in [-0.39, 0.29) is 12.5 Å². The molecule has 0 aliphatic carbocycles. The first kappa shape index (κ1) is 21.6. The van der Waals surface area contributed by atoms with Gasteiger partial charge in [0, 0.05) is 26.1 Å². The van der Waals surface area contributed by atoms with Gasteiger partial charge in [0.05, 0.1) is 24.9 Å². The molecule has 2 heterocycles. The average Bonchev–Trinajstić information content (AvgIpc) is 2.73. The SMILES string of the molecule is CCSc1nc(N2CCOCC2)cc(C)c1C(=O)NCC(O)Cc1ccccc1. The first-order chi connectivity index (χ1) is 14.1. The number of nitrogens with zero attached hydrogens (tertiary/aromatic N) is 2. The maximum absolute atomic E-state index is 12.9. The summed E-state index contributed by atoms with van der Waals surface area (Å²) in [6, 6.07) is 11.8. The van der Waals surface area contributed by atoms with Crippen LogP contribution in [0.4, 0.5) is 5.82 Å². The standard InChI is InChI=1S/C22H29N3O3S/c1-3-29-22-20(16(2)13-19(24-22)25-9-11-28-12-10-25)21(27)23-15-18(26)14-17-7-5-4-6-8-17/h4-8,13,18,26H,3,9-12,14-15H2,1-2H3,(H,23,27). The zero-order chi connectivity index (χ0) is 20.6. The van der Waals surface area contributed by atoms with E-state index in [1.54, 1.807) is 11.8 Å². The molecule has 1 atom stereocenters. The Morgan fingerprint density at radius 2 is 2.03 bits per heavy atom. The van der Waals surface area contributed by atoms with Crippen LogP contribution in [0.2, 0.25) is 0 Å². The molecule has 1 amide bonds. The lowest BCUT2D eigenvalue weighted by Gasteiger charge is -2.29. The molecule has 29 heavy (non-hydrogen) atoms. The van der Waals surface area contributed by atoms with Crippen molar-refractivity contribution in [2.45, 2.75) is 31.4 Å². The largest absolute Gasteiger partial charge is 0.391 e. The zero-order valence-corrected chi connectivity index (χ0v) is 17.9. The van der Waals surface area contributed by atoms with E-state index in [1.807, 2.05) is 50.2 Å². The van der Waals surface area contributed by atoms with Crippen LogP contribution < -0.4 is 10.2 Å². The number of aromatic nitrogens is 1. The summed E-state index contributed by atoms with van der Waals surface area (Å²) in [6.07, 6.45) is -0.130. The number of benzene rings is 1. The first-order valence-electron chi connectivity index (χ1n) is 10.1. The van der Waals surface area contributed by atoms with E-state index >= 15 is 0 Å². The second-order valence-electron chi connectivity index (χ2n) is 7.06. The Labute approximate surface area is 176 Å². The lowest BCUT2D eigenvalue weighted by Crippen LogP contribution is -2.37. The fraction of sp³-hybridized carbons (Fsp3) is 0.455. The molecule has 1 fully saturated rings. The molecule has 2 N–H and O–H groups in total. The van der Waals surface area contributed by atoms with Gasteiger partial charge in [-0.1, -0.05) is 37.3 Å². The Bertz CT molecular complexity index is 810. The van der Waals surface area contributed by atoms with Crippen molar-refractivity contribution in [3.05, 3.63) is 53.1 Å². The number of thioether (sulfide) groups is 1. The van der Waals surface area contributed by atoms with Crippen LogP contribution in [0.25, 0.3) is 0 Å². The van der Waals surface area contributed by atoms with Crippen molar-refractivity contribution in [2.24, 2.45) is 0 Å². The minimum atomic E-state index is -0.635. The number of morpholine rings is 1. The van der Waals surface area contributed by atoms with Crippen LogP contribution in [0, 0.1) is 6.92 Å². The van der Waals surface area contributed by atoms with Gasteiger partial charge in [0.25, 0.3) is 5.91 Å². The van der Waals surface area contributed by atoms with Gasteiger partial charge < -0.3 is 20.1 Å². The number of hydrogen-bond donors (Lipinski definition) is 2. The van der Waals surface area contributed by atoms with Crippen LogP contribution in [0.1, 0.15) is 28.4 Å². The number of aliphatic hydroxyl groups excluding tert-OH is 1. The molecule has 3 rings (SSSR count). The van der Waals surface area contributed by atoms with Crippen molar-refractivity contribution < 1.29 is 14.6 Å². The molecule has 1 aliphatic rings. The number of anilines is 1. The van der Waals surface area contributed by atoms with Crippen molar-refractivity contribution >= 4 is 23.5 Å². The minimum Gasteiger partial charge on any atom is -0.391 e. The van der Waals surface area contributed by atoms with Crippen LogP contribution >= 0.6 is 11.8 Å². The number of aliphatic hydroxyl groups is 1. The van der Waals surface area contributed by atoms with Crippen LogP contribution in [0.15, 0.2) is 41.4 Å². The summed E-state index contributed by atoms with van der Waals surface area (Å²) < 4.78 is 5.43. The van der Waals surface area contributed by atoms with Gasteiger partial charge in [-0.05, 0) is 29.9 Å². The van der Waals surface area contributed by atoms with Gasteiger partial charge in [-0.3, -0.25) is 4.79 Å². The van der Waals surface area contributed by atoms with E-state index < -0.39 is 6.10 Å². The average molecular weight is 416 g/mol. The number of carbonyl (C=O) groups excluding carboxylic acids is 1. The maximum Gasteiger partial charge on any atom is 0.254 e. The molecule has 1 unspecified atom stereocenters. The molecule has 2 aromatic rings. The predicted molar refractivity (Wildman–Crippen MR) is 117 cm³/mol. The van der Waals surface area contributed by atoms with Crippen molar-refractivity contribution in [1.29, 1.82) is 0 Å². The summed E-state index contributed by atoms with van der Waals surface area (Å²) in [5.74, 6) is 1.53. The number of pyridine rings is 1. The third-order valence-corrected chi connectivity index (χ3v) is 5.68. The highest BCUT2D eigenvalue weighted by molar-refractivity contribution is 7.99. The molecule has 156 valence electrons. The van der Waals surface area contributed by atoms with Crippen molar-refractivity contribution in [3.8, 4) is 0 Å². The highest BCUT2D eigenvalue weighted by Gasteiger charge is 2.21. The molecule has 0 radical (unpaired) electrons. The summed E-state index contributed by atoms with van der Waals surface area (Å²) in [5, 5.41) is 13.9. The number of hydrogen-bond acceptors (Lipinski definition) is 6. The van der Waals surface area contributed by atoms with Gasteiger partial charge in [-0.2, -0.15) is 0 Å². The lowest BCUT2D eigenvalue weighted by atomic mass is 10.1. The number of rotatable bonds is 8. The van der Waals surface area contributed by atoms with Crippen LogP contribution in [-0.2, 0) is 11.2 Å². The molecule has 6 nitrogen and oxygen atoms in total. The van der Waals surface area contributed by atoms with E-state index in [9.17, 15) is 9.90 Å². The van der Waals surface area contributed by atoms with Crippen molar-refractivity contribution in [3.63, 3.8) is 0 Å². The lowest BCUT2D eigenvalue weighted by molar-refractivity contribution is 0.0911. The second kappa shape index (κ2) is 10.6. The van der Waals surface area contributed by atoms with E-state index in [1.165, 1.54) is 0 Å². The van der Waals surface area contributed by atoms with Crippen LogP contribution in [0.5, 0.6) is 0 Å². The number of ether oxygens (including phenoxy) is 1. The number of nitrogens with one attached hydrogen (secondary N) is 1. The normalized spacial score (nSPS) is 15.2. The van der Waals surface area contributed by atoms with E-state index in [2.05, 4.69) is 10.2 Å². The molecule has 1 aromatic carbocycles. The van der Waals surface area contributed by atoms with Crippen molar-refractivity contribution in [1.82, 2.24) is 10.3 Å². The van der Waals surface area contributed by atoms with Gasteiger partial charge in [0.15, 0.2) is 0 Å². The topological polar surface area (TPSA) is 74.7 Å². The Kier molecular flexibility index (Phi) is 7.91. The van der Waals surface area contributed by atoms with Gasteiger partial charge in [-0.25, -0.2) is 4.98 Å². The van der Waals surface area contributed by atoms with Crippen LogP contribution in [0.3, 0.4) is 0 Å². The molecule has 7 heteroatoms. The summed E-state index contributed by atoms with van der Waals surface area (Å²) in [4.78, 5) is 19.9. The predicted octanol–water partition coefficient (Wildman–Crippen LogP) is 2.67. The van der Waals surface area contributed by atoms with Gasteiger partial charge in [-0.15, -0.1) is 11.8 Å². The number of amides is 1. The highest BCUT2D eigenvalue weighted by atomic mass is 32.2. The third-order valence-electron chi connectivity index (χ3n) is 4.83. The summed E-state index contributed by atoms with van der Waals surface area (Å²) in [7, 11) is 0. The minimum absolute atomic E-state index is 0.188. The summed E-state index contributed by atoms with van der Waals surface area (Å²) in [6.45, 7) is 7.19. The number of carbonyl (C=O) groups is 1. The highest BCUT2D eigenvalue weighted by Crippen LogP contribution is 2.28. The second-order valence-corrected chi connectivity index (χ2v) is 8.32. The van der Waals surface area contributed by atoms with Crippen LogP contribution in [-0.4, -0.2) is 60.7 Å². The quantitative estimate of drug-likeness (QED) is 0.646. The van der Waals surface area contributed by atoms with Gasteiger partial charge in [0.1, 0.15) is 10.8 Å². The molecule has 1 aliphatic heterocycles. The third kappa shape index (κ3) is 5.95. The molecule has 0 spiro atoms. The fourth-order valence-electron chi connectivity index (χ4n) is 3.36. The maximum atomic E-state index is 12.9. The Hall–Kier alpha value is -2.09. The van der Waals surface area contributed by atoms with Gasteiger partial charge >= 0.3 is 0 Å². The first-order valence-corrected chi connectivity index (χ1v) is 11.0. The zero-order valence-electron chi connectivity index (χ0n) is 17.1. The molecule has 1 aromatic heterocycles. The summed E-state index contributed by atoms with van der Waals surface area (Å²) >= 11 is 1.57. The molecule has 1 saturated heterocycles. The van der Waals surface area contributed by atoms with E-state index in [4.69, 9.17) is 9.72 Å². The van der Waals surface area contributed by atoms with Gasteiger partial charge in [0.2, 0.25) is 0 Å². The Balaban J connectivity index is 1.69. The fourth-order valence-corrected chi connectivity index (χ4v) is 4.19.